The molecule has 0 radical (unpaired) electrons. The molecule has 0 aliphatic heterocycles. The average Bonchev–Trinajstić information content (AvgIpc) is 2.04. The maximum atomic E-state index is 11.0. The summed E-state index contributed by atoms with van der Waals surface area (Å²) in [6, 6.07) is 7.77. The van der Waals surface area contributed by atoms with Crippen LogP contribution in [0.25, 0.3) is 0 Å². The zero-order chi connectivity index (χ0) is 8.97. The Morgan fingerprint density at radius 1 is 1.46 bits per heavy atom. The fourth-order valence-corrected chi connectivity index (χ4v) is 0.972. The van der Waals surface area contributed by atoms with Gasteiger partial charge in [-0.15, -0.1) is 12.4 Å². The Balaban J connectivity index is 0.00000144. The number of nitrogens with one attached hydrogen (secondary N) is 1. The second-order valence-electron chi connectivity index (χ2n) is 2.77. The van der Waals surface area contributed by atoms with Crippen molar-refractivity contribution in [1.82, 2.24) is 0 Å². The Hall–Kier alpha value is -1.02. The number of carbonyl (C=O) groups is 1. The number of hydrogen-bond acceptors (Lipinski definition) is 1. The summed E-state index contributed by atoms with van der Waals surface area (Å²) in [5.74, 6) is 0.0561. The summed E-state index contributed by atoms with van der Waals surface area (Å²) in [6.07, 6.45) is 0.522. The van der Waals surface area contributed by atoms with Gasteiger partial charge in [-0.25, -0.2) is 0 Å². The predicted molar refractivity (Wildman–Crippen MR) is 57.3 cm³/mol. The van der Waals surface area contributed by atoms with E-state index in [1.807, 2.05) is 38.1 Å². The van der Waals surface area contributed by atoms with Crippen molar-refractivity contribution >= 4 is 24.0 Å². The molecule has 1 aromatic rings. The lowest BCUT2D eigenvalue weighted by atomic mass is 10.2. The molecule has 0 aliphatic rings. The van der Waals surface area contributed by atoms with Crippen molar-refractivity contribution in [2.24, 2.45) is 0 Å². The Labute approximate surface area is 84.8 Å². The van der Waals surface area contributed by atoms with Gasteiger partial charge in [0.05, 0.1) is 0 Å². The minimum Gasteiger partial charge on any atom is -0.326 e. The number of anilines is 1. The Morgan fingerprint density at radius 3 is 2.69 bits per heavy atom. The van der Waals surface area contributed by atoms with E-state index in [4.69, 9.17) is 0 Å². The number of hydrogen-bond donors (Lipinski definition) is 1. The van der Waals surface area contributed by atoms with Gasteiger partial charge in [-0.2, -0.15) is 0 Å². The third kappa shape index (κ3) is 3.95. The molecule has 0 bridgehead atoms. The molecule has 0 fully saturated rings. The first kappa shape index (κ1) is 12.0. The Kier molecular flexibility index (Phi) is 5.16. The van der Waals surface area contributed by atoms with E-state index < -0.39 is 0 Å². The topological polar surface area (TPSA) is 29.1 Å². The van der Waals surface area contributed by atoms with E-state index in [2.05, 4.69) is 5.32 Å². The van der Waals surface area contributed by atoms with Crippen LogP contribution in [0.1, 0.15) is 18.9 Å². The van der Waals surface area contributed by atoms with Gasteiger partial charge in [0.1, 0.15) is 0 Å². The van der Waals surface area contributed by atoms with Crippen LogP contribution < -0.4 is 5.32 Å². The summed E-state index contributed by atoms with van der Waals surface area (Å²) >= 11 is 0. The zero-order valence-corrected chi connectivity index (χ0v) is 8.65. The highest BCUT2D eigenvalue weighted by Crippen LogP contribution is 2.09. The molecule has 0 saturated heterocycles. The van der Waals surface area contributed by atoms with Gasteiger partial charge in [-0.3, -0.25) is 4.79 Å². The number of carbonyl (C=O) groups excluding carboxylic acids is 1. The fraction of sp³-hybridized carbons (Fsp3) is 0.300. The lowest BCUT2D eigenvalue weighted by Gasteiger charge is -2.03. The Morgan fingerprint density at radius 2 is 2.15 bits per heavy atom. The minimum atomic E-state index is 0. The minimum absolute atomic E-state index is 0. The van der Waals surface area contributed by atoms with Gasteiger partial charge < -0.3 is 5.32 Å². The van der Waals surface area contributed by atoms with Crippen LogP contribution >= 0.6 is 12.4 Å². The van der Waals surface area contributed by atoms with Crippen LogP contribution in [0, 0.1) is 6.92 Å². The van der Waals surface area contributed by atoms with Gasteiger partial charge in [0.2, 0.25) is 5.91 Å². The van der Waals surface area contributed by atoms with Crippen LogP contribution in [0.15, 0.2) is 24.3 Å². The molecule has 0 saturated carbocycles. The molecule has 0 aliphatic carbocycles. The average molecular weight is 200 g/mol. The van der Waals surface area contributed by atoms with Gasteiger partial charge in [-0.05, 0) is 24.6 Å². The molecule has 13 heavy (non-hydrogen) atoms. The van der Waals surface area contributed by atoms with E-state index in [1.54, 1.807) is 0 Å². The molecule has 0 aromatic heterocycles. The third-order valence-corrected chi connectivity index (χ3v) is 1.62. The summed E-state index contributed by atoms with van der Waals surface area (Å²) in [5.41, 5.74) is 2.03. The van der Waals surface area contributed by atoms with E-state index in [-0.39, 0.29) is 18.3 Å². The van der Waals surface area contributed by atoms with Crippen LogP contribution in [0.5, 0.6) is 0 Å². The number of benzene rings is 1. The highest BCUT2D eigenvalue weighted by molar-refractivity contribution is 5.90. The predicted octanol–water partition coefficient (Wildman–Crippen LogP) is 2.77. The van der Waals surface area contributed by atoms with Crippen molar-refractivity contribution in [2.75, 3.05) is 5.32 Å². The number of amides is 1. The quantitative estimate of drug-likeness (QED) is 0.780. The molecule has 2 nitrogen and oxygen atoms in total. The lowest BCUT2D eigenvalue weighted by Crippen LogP contribution is -2.09. The molecule has 72 valence electrons. The molecule has 0 atom stereocenters. The van der Waals surface area contributed by atoms with Crippen LogP contribution in [0.4, 0.5) is 5.69 Å². The summed E-state index contributed by atoms with van der Waals surface area (Å²) in [4.78, 5) is 11.0. The summed E-state index contributed by atoms with van der Waals surface area (Å²) in [7, 11) is 0. The second kappa shape index (κ2) is 5.60. The van der Waals surface area contributed by atoms with Gasteiger partial charge in [0.25, 0.3) is 0 Å². The monoisotopic (exact) mass is 199 g/mol. The maximum absolute atomic E-state index is 11.0. The molecule has 1 rings (SSSR count). The van der Waals surface area contributed by atoms with E-state index in [9.17, 15) is 4.79 Å². The Bertz CT molecular complexity index is 286. The smallest absolute Gasteiger partial charge is 0.224 e. The second-order valence-corrected chi connectivity index (χ2v) is 2.77. The van der Waals surface area contributed by atoms with Crippen LogP contribution in [-0.4, -0.2) is 5.91 Å². The lowest BCUT2D eigenvalue weighted by molar-refractivity contribution is -0.115. The van der Waals surface area contributed by atoms with Crippen molar-refractivity contribution < 1.29 is 4.79 Å². The normalized spacial score (nSPS) is 8.77. The van der Waals surface area contributed by atoms with Crippen molar-refractivity contribution in [1.29, 1.82) is 0 Å². The largest absolute Gasteiger partial charge is 0.326 e. The third-order valence-electron chi connectivity index (χ3n) is 1.62. The molecule has 0 heterocycles. The maximum Gasteiger partial charge on any atom is 0.224 e. The SMILES string of the molecule is CCC(=O)Nc1cccc(C)c1.Cl. The molecular weight excluding hydrogens is 186 g/mol. The summed E-state index contributed by atoms with van der Waals surface area (Å²) < 4.78 is 0. The van der Waals surface area contributed by atoms with E-state index in [0.717, 1.165) is 11.3 Å². The van der Waals surface area contributed by atoms with Gasteiger partial charge in [-0.1, -0.05) is 19.1 Å². The molecule has 1 N–H and O–H groups in total. The molecule has 3 heteroatoms. The number of aryl methyl sites for hydroxylation is 1. The molecule has 0 unspecified atom stereocenters. The van der Waals surface area contributed by atoms with Crippen LogP contribution in [0.2, 0.25) is 0 Å². The van der Waals surface area contributed by atoms with Crippen molar-refractivity contribution in [2.45, 2.75) is 20.3 Å². The zero-order valence-electron chi connectivity index (χ0n) is 7.83. The van der Waals surface area contributed by atoms with Crippen LogP contribution in [-0.2, 0) is 4.79 Å². The van der Waals surface area contributed by atoms with Crippen molar-refractivity contribution in [3.8, 4) is 0 Å². The standard InChI is InChI=1S/C10H13NO.ClH/c1-3-10(12)11-9-6-4-5-8(2)7-9;/h4-7H,3H2,1-2H3,(H,11,12);1H. The van der Waals surface area contributed by atoms with Crippen molar-refractivity contribution in [3.63, 3.8) is 0 Å². The first-order valence-corrected chi connectivity index (χ1v) is 4.09. The summed E-state index contributed by atoms with van der Waals surface area (Å²) in [6.45, 7) is 3.84. The van der Waals surface area contributed by atoms with E-state index in [1.165, 1.54) is 0 Å². The highest BCUT2D eigenvalue weighted by Gasteiger charge is 1.97. The number of rotatable bonds is 2. The molecule has 1 amide bonds. The molecule has 0 spiro atoms. The van der Waals surface area contributed by atoms with Crippen LogP contribution in [0.3, 0.4) is 0 Å². The fourth-order valence-electron chi connectivity index (χ4n) is 0.972. The van der Waals surface area contributed by atoms with Gasteiger partial charge in [0, 0.05) is 12.1 Å². The first-order chi connectivity index (χ1) is 5.72. The first-order valence-electron chi connectivity index (χ1n) is 4.09. The number of halogens is 1. The van der Waals surface area contributed by atoms with E-state index in [0.29, 0.717) is 6.42 Å². The van der Waals surface area contributed by atoms with Crippen molar-refractivity contribution in [3.05, 3.63) is 29.8 Å². The molecular formula is C10H14ClNO. The van der Waals surface area contributed by atoms with Gasteiger partial charge >= 0.3 is 0 Å². The molecule has 1 aromatic carbocycles. The van der Waals surface area contributed by atoms with E-state index >= 15 is 0 Å². The summed E-state index contributed by atoms with van der Waals surface area (Å²) in [5, 5.41) is 2.79. The van der Waals surface area contributed by atoms with Gasteiger partial charge in [0.15, 0.2) is 0 Å². The highest BCUT2D eigenvalue weighted by atomic mass is 35.5.